The fraction of sp³-hybridized carbons (Fsp3) is 0. The Balaban J connectivity index is 1.96. The van der Waals surface area contributed by atoms with E-state index in [2.05, 4.69) is 52.9 Å². The van der Waals surface area contributed by atoms with Gasteiger partial charge in [-0.3, -0.25) is 0 Å². The van der Waals surface area contributed by atoms with Gasteiger partial charge in [0.15, 0.2) is 0 Å². The van der Waals surface area contributed by atoms with Crippen molar-refractivity contribution in [2.45, 2.75) is 0 Å². The summed E-state index contributed by atoms with van der Waals surface area (Å²) in [4.78, 5) is 0. The molecule has 0 aliphatic carbocycles. The van der Waals surface area contributed by atoms with Crippen molar-refractivity contribution in [3.05, 3.63) is 72.8 Å². The van der Waals surface area contributed by atoms with Gasteiger partial charge in [0.05, 0.1) is 17.2 Å². The fourth-order valence-corrected chi connectivity index (χ4v) is 3.21. The fourth-order valence-electron chi connectivity index (χ4n) is 3.21. The molecule has 4 aromatic rings. The van der Waals surface area contributed by atoms with Crippen molar-refractivity contribution in [2.24, 2.45) is 0 Å². The summed E-state index contributed by atoms with van der Waals surface area (Å²) < 4.78 is 8.35. The number of nitrogens with zero attached hydrogens (tertiary/aromatic N) is 1. The van der Waals surface area contributed by atoms with E-state index in [0.717, 1.165) is 22.7 Å². The Morgan fingerprint density at radius 2 is 1.43 bits per heavy atom. The Kier molecular flexibility index (Phi) is 1.98. The summed E-state index contributed by atoms with van der Waals surface area (Å²) in [6.45, 7) is 0. The molecule has 0 amide bonds. The third-order valence-electron chi connectivity index (χ3n) is 4.09. The highest BCUT2D eigenvalue weighted by Crippen LogP contribution is 2.41. The molecule has 0 spiro atoms. The molecule has 1 aliphatic heterocycles. The van der Waals surface area contributed by atoms with E-state index in [1.54, 1.807) is 0 Å². The van der Waals surface area contributed by atoms with Crippen LogP contribution in [0, 0.1) is 0 Å². The van der Waals surface area contributed by atoms with Crippen molar-refractivity contribution in [1.82, 2.24) is 0 Å². The molecule has 0 bridgehead atoms. The minimum atomic E-state index is 0.887. The van der Waals surface area contributed by atoms with E-state index in [9.17, 15) is 0 Å². The highest BCUT2D eigenvalue weighted by Gasteiger charge is 2.36. The van der Waals surface area contributed by atoms with E-state index in [1.165, 1.54) is 16.8 Å². The van der Waals surface area contributed by atoms with Gasteiger partial charge in [-0.25, -0.2) is 0 Å². The van der Waals surface area contributed by atoms with Crippen LogP contribution >= 0.6 is 0 Å². The lowest BCUT2D eigenvalue weighted by Crippen LogP contribution is -2.20. The number of oxazole rings is 1. The largest absolute Gasteiger partial charge is 0.397 e. The molecule has 0 saturated heterocycles. The Labute approximate surface area is 121 Å². The molecule has 98 valence electrons. The first kappa shape index (κ1) is 10.9. The molecule has 0 unspecified atom stereocenters. The maximum absolute atomic E-state index is 6.14. The predicted molar refractivity (Wildman–Crippen MR) is 81.7 cm³/mol. The number of fused-ring (bicyclic) bond motifs is 3. The van der Waals surface area contributed by atoms with Crippen LogP contribution in [0.1, 0.15) is 0 Å². The van der Waals surface area contributed by atoms with Crippen molar-refractivity contribution in [3.8, 4) is 33.8 Å². The Bertz CT molecular complexity index is 983. The van der Waals surface area contributed by atoms with E-state index in [1.807, 2.05) is 24.3 Å². The van der Waals surface area contributed by atoms with Crippen LogP contribution in [0.3, 0.4) is 0 Å². The topological polar surface area (TPSA) is 17.2 Å². The monoisotopic (exact) mass is 270 g/mol. The van der Waals surface area contributed by atoms with E-state index in [4.69, 9.17) is 4.42 Å². The summed E-state index contributed by atoms with van der Waals surface area (Å²) >= 11 is 0. The van der Waals surface area contributed by atoms with Crippen molar-refractivity contribution in [1.29, 1.82) is 0 Å². The smallest absolute Gasteiger partial charge is 0.380 e. The number of hydrogen-bond donors (Lipinski definition) is 0. The molecule has 21 heavy (non-hydrogen) atoms. The second kappa shape index (κ2) is 3.83. The van der Waals surface area contributed by atoms with E-state index < -0.39 is 0 Å². The molecule has 0 saturated carbocycles. The molecular weight excluding hydrogens is 258 g/mol. The normalized spacial score (nSPS) is 11.8. The van der Waals surface area contributed by atoms with Crippen molar-refractivity contribution in [2.75, 3.05) is 0 Å². The predicted octanol–water partition coefficient (Wildman–Crippen LogP) is 4.33. The summed E-state index contributed by atoms with van der Waals surface area (Å²) in [6.07, 6.45) is 0. The van der Waals surface area contributed by atoms with Crippen molar-refractivity contribution < 1.29 is 8.82 Å². The van der Waals surface area contributed by atoms with Crippen LogP contribution in [0.15, 0.2) is 77.2 Å². The minimum Gasteiger partial charge on any atom is -0.397 e. The van der Waals surface area contributed by atoms with E-state index >= 15 is 0 Å². The Hall–Kier alpha value is -2.87. The molecular formula is C19H12NO+. The summed E-state index contributed by atoms with van der Waals surface area (Å²) in [7, 11) is 0. The van der Waals surface area contributed by atoms with Gasteiger partial charge in [0.25, 0.3) is 5.69 Å². The van der Waals surface area contributed by atoms with Gasteiger partial charge in [0.1, 0.15) is 0 Å². The summed E-state index contributed by atoms with van der Waals surface area (Å²) in [5, 5.41) is 0. The van der Waals surface area contributed by atoms with E-state index in [0.29, 0.717) is 0 Å². The molecule has 0 atom stereocenters. The number of benzene rings is 2. The highest BCUT2D eigenvalue weighted by atomic mass is 16.3. The van der Waals surface area contributed by atoms with Gasteiger partial charge >= 0.3 is 5.71 Å². The lowest BCUT2D eigenvalue weighted by Gasteiger charge is -1.97. The summed E-state index contributed by atoms with van der Waals surface area (Å²) in [6, 6.07) is 25.0. The molecule has 0 radical (unpaired) electrons. The SMILES string of the molecule is c1ccc(-c2oc3cccc4[n+]3c2-c2ccccc2-4)cc1. The van der Waals surface area contributed by atoms with Crippen LogP contribution < -0.4 is 4.40 Å². The summed E-state index contributed by atoms with van der Waals surface area (Å²) in [5.41, 5.74) is 6.86. The molecule has 2 aromatic carbocycles. The third kappa shape index (κ3) is 1.34. The number of hydrogen-bond acceptors (Lipinski definition) is 1. The second-order valence-corrected chi connectivity index (χ2v) is 5.28. The molecule has 1 aliphatic rings. The van der Waals surface area contributed by atoms with Crippen molar-refractivity contribution >= 4 is 5.71 Å². The maximum Gasteiger partial charge on any atom is 0.380 e. The van der Waals surface area contributed by atoms with E-state index in [-0.39, 0.29) is 0 Å². The lowest BCUT2D eigenvalue weighted by atomic mass is 10.0. The zero-order valence-electron chi connectivity index (χ0n) is 11.3. The average Bonchev–Trinajstić information content (AvgIpc) is 3.10. The first-order valence-corrected chi connectivity index (χ1v) is 7.06. The zero-order valence-corrected chi connectivity index (χ0v) is 11.3. The van der Waals surface area contributed by atoms with Gasteiger partial charge in [-0.05, 0) is 18.2 Å². The standard InChI is InChI=1S/C19H12NO/c1-2-7-13(8-3-1)19-18-15-10-5-4-9-14(15)16-11-6-12-17(21-19)20(16)18/h1-12H/q+1. The Morgan fingerprint density at radius 1 is 0.667 bits per heavy atom. The van der Waals surface area contributed by atoms with Crippen molar-refractivity contribution in [3.63, 3.8) is 0 Å². The van der Waals surface area contributed by atoms with Gasteiger partial charge < -0.3 is 4.42 Å². The lowest BCUT2D eigenvalue weighted by molar-refractivity contribution is -0.485. The van der Waals surface area contributed by atoms with Crippen LogP contribution in [0.25, 0.3) is 39.6 Å². The summed E-state index contributed by atoms with van der Waals surface area (Å²) in [5.74, 6) is 0.938. The molecule has 5 rings (SSSR count). The highest BCUT2D eigenvalue weighted by molar-refractivity contribution is 5.88. The van der Waals surface area contributed by atoms with Crippen LogP contribution in [0.4, 0.5) is 0 Å². The number of rotatable bonds is 1. The first-order valence-electron chi connectivity index (χ1n) is 7.06. The molecule has 2 nitrogen and oxygen atoms in total. The van der Waals surface area contributed by atoms with Crippen LogP contribution in [-0.4, -0.2) is 0 Å². The third-order valence-corrected chi connectivity index (χ3v) is 4.09. The maximum atomic E-state index is 6.14. The molecule has 3 heterocycles. The minimum absolute atomic E-state index is 0.887. The van der Waals surface area contributed by atoms with Crippen LogP contribution in [-0.2, 0) is 0 Å². The molecule has 2 heteroatoms. The second-order valence-electron chi connectivity index (χ2n) is 5.28. The quantitative estimate of drug-likeness (QED) is 0.414. The van der Waals surface area contributed by atoms with Crippen LogP contribution in [0.2, 0.25) is 0 Å². The average molecular weight is 270 g/mol. The number of pyridine rings is 1. The van der Waals surface area contributed by atoms with Gasteiger partial charge in [0.2, 0.25) is 11.5 Å². The number of aromatic nitrogens is 1. The van der Waals surface area contributed by atoms with Gasteiger partial charge in [-0.15, -0.1) is 4.40 Å². The van der Waals surface area contributed by atoms with Gasteiger partial charge in [-0.2, -0.15) is 0 Å². The molecule has 0 N–H and O–H groups in total. The van der Waals surface area contributed by atoms with Gasteiger partial charge in [0, 0.05) is 11.6 Å². The first-order chi connectivity index (χ1) is 10.4. The van der Waals surface area contributed by atoms with Crippen LogP contribution in [0.5, 0.6) is 0 Å². The Morgan fingerprint density at radius 3 is 2.29 bits per heavy atom. The zero-order chi connectivity index (χ0) is 13.8. The molecule has 2 aromatic heterocycles. The molecule has 0 fully saturated rings. The van der Waals surface area contributed by atoms with Gasteiger partial charge in [-0.1, -0.05) is 42.5 Å².